The Bertz CT molecular complexity index is 1700. The molecule has 3 aromatic carbocycles. The van der Waals surface area contributed by atoms with E-state index in [1.807, 2.05) is 66.8 Å². The van der Waals surface area contributed by atoms with Crippen LogP contribution in [0.5, 0.6) is 0 Å². The number of fused-ring (bicyclic) bond motifs is 8. The zero-order valence-electron chi connectivity index (χ0n) is 18.3. The fourth-order valence-electron chi connectivity index (χ4n) is 4.75. The SMILES string of the molecule is C1=CC2=Nc3nc4ccccc4nc3C2C=C1.c1ccc2c(c1)Cc1nc3ccccc3nc1-2. The Balaban J connectivity index is 0.000000118. The Labute approximate surface area is 196 Å². The van der Waals surface area contributed by atoms with Gasteiger partial charge < -0.3 is 0 Å². The smallest absolute Gasteiger partial charge is 0.175 e. The molecule has 34 heavy (non-hydrogen) atoms. The predicted octanol–water partition coefficient (Wildman–Crippen LogP) is 6.13. The molecule has 0 amide bonds. The summed E-state index contributed by atoms with van der Waals surface area (Å²) in [6, 6.07) is 24.4. The van der Waals surface area contributed by atoms with Gasteiger partial charge in [0.15, 0.2) is 5.82 Å². The molecule has 0 bridgehead atoms. The molecule has 1 unspecified atom stereocenters. The van der Waals surface area contributed by atoms with Gasteiger partial charge in [-0.25, -0.2) is 24.9 Å². The molecule has 1 atom stereocenters. The highest BCUT2D eigenvalue weighted by Gasteiger charge is 2.27. The molecule has 8 rings (SSSR count). The lowest BCUT2D eigenvalue weighted by Crippen LogP contribution is -2.06. The van der Waals surface area contributed by atoms with E-state index in [-0.39, 0.29) is 5.92 Å². The molecule has 0 spiro atoms. The van der Waals surface area contributed by atoms with Crippen LogP contribution in [0.2, 0.25) is 0 Å². The molecule has 5 aromatic rings. The number of aromatic nitrogens is 4. The van der Waals surface area contributed by atoms with Crippen molar-refractivity contribution in [1.82, 2.24) is 19.9 Å². The molecule has 0 saturated carbocycles. The van der Waals surface area contributed by atoms with E-state index in [1.165, 1.54) is 11.1 Å². The second-order valence-electron chi connectivity index (χ2n) is 8.52. The van der Waals surface area contributed by atoms with Crippen molar-refractivity contribution in [3.05, 3.63) is 114 Å². The summed E-state index contributed by atoms with van der Waals surface area (Å²) in [7, 11) is 0. The molecule has 0 radical (unpaired) electrons. The molecule has 2 aromatic heterocycles. The molecule has 3 heterocycles. The number of hydrogen-bond acceptors (Lipinski definition) is 5. The first-order valence-electron chi connectivity index (χ1n) is 11.4. The van der Waals surface area contributed by atoms with Gasteiger partial charge in [0.1, 0.15) is 0 Å². The number of nitrogens with zero attached hydrogens (tertiary/aromatic N) is 5. The number of hydrogen-bond donors (Lipinski definition) is 0. The van der Waals surface area contributed by atoms with Gasteiger partial charge in [0.05, 0.1) is 50.8 Å². The molecule has 2 aliphatic carbocycles. The third kappa shape index (κ3) is 3.05. The molecule has 0 N–H and O–H groups in total. The Morgan fingerprint density at radius 3 is 2.15 bits per heavy atom. The Morgan fingerprint density at radius 1 is 0.647 bits per heavy atom. The lowest BCUT2D eigenvalue weighted by Gasteiger charge is -2.08. The van der Waals surface area contributed by atoms with E-state index >= 15 is 0 Å². The van der Waals surface area contributed by atoms with Crippen molar-refractivity contribution in [3.63, 3.8) is 0 Å². The fraction of sp³-hybridized carbons (Fsp3) is 0.0690. The number of rotatable bonds is 0. The molecule has 3 aliphatic rings. The average Bonchev–Trinajstić information content (AvgIpc) is 3.43. The summed E-state index contributed by atoms with van der Waals surface area (Å²) in [6.07, 6.45) is 9.09. The van der Waals surface area contributed by atoms with Gasteiger partial charge in [0.25, 0.3) is 0 Å². The van der Waals surface area contributed by atoms with E-state index in [4.69, 9.17) is 9.97 Å². The van der Waals surface area contributed by atoms with Gasteiger partial charge in [-0.15, -0.1) is 0 Å². The first-order valence-corrected chi connectivity index (χ1v) is 11.4. The Morgan fingerprint density at radius 2 is 1.32 bits per heavy atom. The first-order chi connectivity index (χ1) is 16.8. The minimum Gasteiger partial charge on any atom is -0.249 e. The lowest BCUT2D eigenvalue weighted by molar-refractivity contribution is 1.07. The quantitative estimate of drug-likeness (QED) is 0.287. The third-order valence-corrected chi connectivity index (χ3v) is 6.38. The average molecular weight is 438 g/mol. The van der Waals surface area contributed by atoms with Crippen LogP contribution < -0.4 is 0 Å². The van der Waals surface area contributed by atoms with E-state index in [0.717, 1.165) is 57.1 Å². The standard InChI is InChI=1S/C15H10N2.C14H9N3/c1-2-6-11-10(5-1)9-14-15(11)17-13-8-4-3-7-12(13)16-14;1-2-6-10-9(5-1)13-14(16-10)17-12-8-4-3-7-11(12)15-13/h1-8H,9H2;1-9H. The summed E-state index contributed by atoms with van der Waals surface area (Å²) in [4.78, 5) is 23.2. The molecule has 0 saturated heterocycles. The predicted molar refractivity (Wildman–Crippen MR) is 135 cm³/mol. The zero-order chi connectivity index (χ0) is 22.5. The molecule has 160 valence electrons. The first kappa shape index (κ1) is 19.0. The van der Waals surface area contributed by atoms with E-state index < -0.39 is 0 Å². The molecule has 5 nitrogen and oxygen atoms in total. The molecule has 5 heteroatoms. The molecular weight excluding hydrogens is 418 g/mol. The minimum atomic E-state index is 0.187. The van der Waals surface area contributed by atoms with E-state index in [9.17, 15) is 0 Å². The van der Waals surface area contributed by atoms with Gasteiger partial charge in [-0.05, 0) is 35.9 Å². The molecule has 0 fully saturated rings. The van der Waals surface area contributed by atoms with Gasteiger partial charge in [0, 0.05) is 12.0 Å². The van der Waals surface area contributed by atoms with Crippen LogP contribution in [0.3, 0.4) is 0 Å². The Kier molecular flexibility index (Phi) is 4.21. The highest BCUT2D eigenvalue weighted by atomic mass is 15.0. The van der Waals surface area contributed by atoms with Crippen LogP contribution in [0.15, 0.2) is 102 Å². The zero-order valence-corrected chi connectivity index (χ0v) is 18.3. The van der Waals surface area contributed by atoms with Gasteiger partial charge in [-0.3, -0.25) is 0 Å². The van der Waals surface area contributed by atoms with Crippen LogP contribution in [-0.2, 0) is 6.42 Å². The number of para-hydroxylation sites is 4. The van der Waals surface area contributed by atoms with E-state index in [0.29, 0.717) is 0 Å². The maximum Gasteiger partial charge on any atom is 0.175 e. The van der Waals surface area contributed by atoms with Crippen LogP contribution in [0, 0.1) is 0 Å². The Hall–Kier alpha value is -4.51. The van der Waals surface area contributed by atoms with Gasteiger partial charge in [-0.2, -0.15) is 0 Å². The van der Waals surface area contributed by atoms with Crippen molar-refractivity contribution < 1.29 is 0 Å². The van der Waals surface area contributed by atoms with Gasteiger partial charge >= 0.3 is 0 Å². The monoisotopic (exact) mass is 437 g/mol. The van der Waals surface area contributed by atoms with Crippen molar-refractivity contribution in [3.8, 4) is 11.3 Å². The largest absolute Gasteiger partial charge is 0.249 e. The third-order valence-electron chi connectivity index (χ3n) is 6.38. The number of benzene rings is 3. The second kappa shape index (κ2) is 7.52. The minimum absolute atomic E-state index is 0.187. The van der Waals surface area contributed by atoms with Crippen LogP contribution in [0.25, 0.3) is 33.3 Å². The summed E-state index contributed by atoms with van der Waals surface area (Å²) < 4.78 is 0. The highest BCUT2D eigenvalue weighted by Crippen LogP contribution is 2.36. The van der Waals surface area contributed by atoms with Crippen LogP contribution in [-0.4, -0.2) is 25.6 Å². The van der Waals surface area contributed by atoms with Crippen molar-refractivity contribution in [2.75, 3.05) is 0 Å². The number of aliphatic imine (C=N–C) groups is 1. The van der Waals surface area contributed by atoms with Crippen LogP contribution >= 0.6 is 0 Å². The van der Waals surface area contributed by atoms with Crippen LogP contribution in [0.1, 0.15) is 22.9 Å². The van der Waals surface area contributed by atoms with E-state index in [1.54, 1.807) is 0 Å². The summed E-state index contributed by atoms with van der Waals surface area (Å²) >= 11 is 0. The van der Waals surface area contributed by atoms with E-state index in [2.05, 4.69) is 45.3 Å². The van der Waals surface area contributed by atoms with Gasteiger partial charge in [0.2, 0.25) is 0 Å². The van der Waals surface area contributed by atoms with Crippen molar-refractivity contribution in [2.45, 2.75) is 12.3 Å². The van der Waals surface area contributed by atoms with Crippen molar-refractivity contribution in [2.24, 2.45) is 4.99 Å². The van der Waals surface area contributed by atoms with Crippen LogP contribution in [0.4, 0.5) is 5.82 Å². The fourth-order valence-corrected chi connectivity index (χ4v) is 4.75. The maximum absolute atomic E-state index is 4.73. The second-order valence-corrected chi connectivity index (χ2v) is 8.52. The summed E-state index contributed by atoms with van der Waals surface area (Å²) in [5.41, 5.74) is 10.5. The van der Waals surface area contributed by atoms with Gasteiger partial charge in [-0.1, -0.05) is 66.8 Å². The topological polar surface area (TPSA) is 63.9 Å². The van der Waals surface area contributed by atoms with Crippen molar-refractivity contribution >= 4 is 33.6 Å². The highest BCUT2D eigenvalue weighted by molar-refractivity contribution is 6.07. The summed E-state index contributed by atoms with van der Waals surface area (Å²) in [5.74, 6) is 0.951. The lowest BCUT2D eigenvalue weighted by atomic mass is 9.97. The maximum atomic E-state index is 4.73. The molecular formula is C29H19N5. The summed E-state index contributed by atoms with van der Waals surface area (Å²) in [6.45, 7) is 0. The van der Waals surface area contributed by atoms with Crippen molar-refractivity contribution in [1.29, 1.82) is 0 Å². The normalized spacial score (nSPS) is 16.4. The number of allylic oxidation sites excluding steroid dienone is 4. The summed E-state index contributed by atoms with van der Waals surface area (Å²) in [5, 5.41) is 0. The molecule has 1 aliphatic heterocycles.